The van der Waals surface area contributed by atoms with Gasteiger partial charge in [0.15, 0.2) is 0 Å². The van der Waals surface area contributed by atoms with Crippen LogP contribution in [0.15, 0.2) is 12.2 Å². The van der Waals surface area contributed by atoms with Crippen LogP contribution in [0.4, 0.5) is 0 Å². The number of rotatable bonds is 34. The van der Waals surface area contributed by atoms with Gasteiger partial charge in [0.05, 0.1) is 39.9 Å². The molecule has 0 saturated heterocycles. The Morgan fingerprint density at radius 1 is 0.739 bits per heavy atom. The summed E-state index contributed by atoms with van der Waals surface area (Å²) in [6, 6.07) is -0.798. The second kappa shape index (κ2) is 30.3. The number of phosphoric acid groups is 1. The number of phosphoric ester groups is 1. The zero-order valence-corrected chi connectivity index (χ0v) is 31.7. The topological polar surface area (TPSA) is 108 Å². The average Bonchev–Trinajstić information content (AvgIpc) is 2.99. The number of carbonyl (C=O) groups excluding carboxylic acids is 1. The molecule has 3 atom stereocenters. The zero-order chi connectivity index (χ0) is 34.4. The van der Waals surface area contributed by atoms with E-state index in [2.05, 4.69) is 31.3 Å². The van der Waals surface area contributed by atoms with Crippen LogP contribution in [0.1, 0.15) is 168 Å². The molecule has 0 aromatic carbocycles. The number of allylic oxidation sites excluding steroid dienone is 2. The van der Waals surface area contributed by atoms with Crippen molar-refractivity contribution in [2.24, 2.45) is 0 Å². The normalized spacial score (nSPS) is 14.8. The van der Waals surface area contributed by atoms with E-state index >= 15 is 0 Å². The first-order valence-electron chi connectivity index (χ1n) is 19.0. The molecule has 274 valence electrons. The molecule has 2 N–H and O–H groups in total. The lowest BCUT2D eigenvalue weighted by Crippen LogP contribution is -2.46. The summed E-state index contributed by atoms with van der Waals surface area (Å²) in [5.41, 5.74) is 0. The number of quaternary nitrogens is 1. The molecule has 8 nitrogen and oxygen atoms in total. The summed E-state index contributed by atoms with van der Waals surface area (Å²) in [5.74, 6) is -0.177. The van der Waals surface area contributed by atoms with Crippen molar-refractivity contribution in [2.75, 3.05) is 40.9 Å². The van der Waals surface area contributed by atoms with Gasteiger partial charge < -0.3 is 28.8 Å². The first kappa shape index (κ1) is 45.2. The highest BCUT2D eigenvalue weighted by Crippen LogP contribution is 2.38. The number of hydrogen-bond acceptors (Lipinski definition) is 6. The number of aliphatic hydroxyl groups is 1. The number of aliphatic hydroxyl groups excluding tert-OH is 1. The van der Waals surface area contributed by atoms with E-state index in [1.54, 1.807) is 0 Å². The van der Waals surface area contributed by atoms with E-state index in [0.717, 1.165) is 51.4 Å². The van der Waals surface area contributed by atoms with Crippen LogP contribution < -0.4 is 10.2 Å². The molecule has 0 aromatic rings. The molecule has 0 radical (unpaired) electrons. The SMILES string of the molecule is CCCCCC/C=C\CCCCCCCC(=O)NC(COP(=O)([O-])OCC[N+](C)(C)C)C(O)CCCCCCCCCCCCC. The minimum atomic E-state index is -4.55. The van der Waals surface area contributed by atoms with Gasteiger partial charge >= 0.3 is 0 Å². The Morgan fingerprint density at radius 2 is 1.20 bits per heavy atom. The van der Waals surface area contributed by atoms with Crippen molar-refractivity contribution in [3.8, 4) is 0 Å². The van der Waals surface area contributed by atoms with E-state index in [-0.39, 0.29) is 19.1 Å². The van der Waals surface area contributed by atoms with E-state index in [1.165, 1.54) is 89.9 Å². The molecule has 0 spiro atoms. The van der Waals surface area contributed by atoms with Gasteiger partial charge in [0.1, 0.15) is 13.2 Å². The monoisotopic (exact) mass is 675 g/mol. The van der Waals surface area contributed by atoms with Crippen molar-refractivity contribution in [1.29, 1.82) is 0 Å². The lowest BCUT2D eigenvalue weighted by atomic mass is 10.0. The van der Waals surface area contributed by atoms with E-state index in [0.29, 0.717) is 23.9 Å². The molecule has 0 rings (SSSR count). The number of nitrogens with one attached hydrogen (secondary N) is 1. The summed E-state index contributed by atoms with van der Waals surface area (Å²) in [7, 11) is 1.30. The highest BCUT2D eigenvalue weighted by molar-refractivity contribution is 7.45. The van der Waals surface area contributed by atoms with Crippen molar-refractivity contribution in [3.63, 3.8) is 0 Å². The fourth-order valence-corrected chi connectivity index (χ4v) is 6.11. The van der Waals surface area contributed by atoms with Gasteiger partial charge in [0.2, 0.25) is 5.91 Å². The van der Waals surface area contributed by atoms with Gasteiger partial charge in [-0.25, -0.2) is 0 Å². The summed E-state index contributed by atoms with van der Waals surface area (Å²) >= 11 is 0. The van der Waals surface area contributed by atoms with Crippen LogP contribution in [-0.4, -0.2) is 68.5 Å². The van der Waals surface area contributed by atoms with Crippen molar-refractivity contribution >= 4 is 13.7 Å². The highest BCUT2D eigenvalue weighted by Gasteiger charge is 2.24. The average molecular weight is 675 g/mol. The quantitative estimate of drug-likeness (QED) is 0.0305. The van der Waals surface area contributed by atoms with E-state index in [1.807, 2.05) is 21.1 Å². The van der Waals surface area contributed by atoms with Crippen LogP contribution in [0.2, 0.25) is 0 Å². The molecule has 0 aliphatic rings. The van der Waals surface area contributed by atoms with Crippen LogP contribution >= 0.6 is 7.82 Å². The lowest BCUT2D eigenvalue weighted by molar-refractivity contribution is -0.870. The van der Waals surface area contributed by atoms with Crippen LogP contribution in [0.5, 0.6) is 0 Å². The van der Waals surface area contributed by atoms with E-state index < -0.39 is 20.0 Å². The van der Waals surface area contributed by atoms with Crippen LogP contribution in [0.25, 0.3) is 0 Å². The molecule has 9 heteroatoms. The number of carbonyl (C=O) groups is 1. The van der Waals surface area contributed by atoms with E-state index in [9.17, 15) is 19.4 Å². The maximum absolute atomic E-state index is 12.8. The minimum absolute atomic E-state index is 0.0118. The lowest BCUT2D eigenvalue weighted by Gasteiger charge is -2.30. The Hall–Kier alpha value is -0.760. The summed E-state index contributed by atoms with van der Waals surface area (Å²) in [5, 5.41) is 13.8. The van der Waals surface area contributed by atoms with Gasteiger partial charge in [-0.1, -0.05) is 135 Å². The van der Waals surface area contributed by atoms with Gasteiger partial charge in [0.25, 0.3) is 7.82 Å². The van der Waals surface area contributed by atoms with Gasteiger partial charge in [-0.05, 0) is 38.5 Å². The molecule has 0 heterocycles. The van der Waals surface area contributed by atoms with Crippen molar-refractivity contribution in [1.82, 2.24) is 5.32 Å². The van der Waals surface area contributed by atoms with Crippen molar-refractivity contribution in [3.05, 3.63) is 12.2 Å². The largest absolute Gasteiger partial charge is 0.756 e. The minimum Gasteiger partial charge on any atom is -0.756 e. The second-order valence-electron chi connectivity index (χ2n) is 14.3. The molecular weight excluding hydrogens is 599 g/mol. The molecule has 0 aromatic heterocycles. The molecule has 1 amide bonds. The molecule has 0 bridgehead atoms. The van der Waals surface area contributed by atoms with Crippen molar-refractivity contribution in [2.45, 2.75) is 180 Å². The predicted molar refractivity (Wildman–Crippen MR) is 192 cm³/mol. The fourth-order valence-electron chi connectivity index (χ4n) is 5.38. The third-order valence-corrected chi connectivity index (χ3v) is 9.47. The van der Waals surface area contributed by atoms with Gasteiger partial charge in [-0.15, -0.1) is 0 Å². The third-order valence-electron chi connectivity index (χ3n) is 8.50. The Morgan fingerprint density at radius 3 is 1.72 bits per heavy atom. The summed E-state index contributed by atoms with van der Waals surface area (Å²) < 4.78 is 23.1. The van der Waals surface area contributed by atoms with E-state index in [4.69, 9.17) is 9.05 Å². The number of amides is 1. The van der Waals surface area contributed by atoms with Gasteiger partial charge in [-0.3, -0.25) is 9.36 Å². The van der Waals surface area contributed by atoms with Crippen molar-refractivity contribution < 1.29 is 32.9 Å². The Labute approximate surface area is 284 Å². The van der Waals surface area contributed by atoms with Crippen LogP contribution in [0, 0.1) is 0 Å². The predicted octanol–water partition coefficient (Wildman–Crippen LogP) is 9.00. The number of likely N-dealkylation sites (N-methyl/N-ethyl adjacent to an activating group) is 1. The zero-order valence-electron chi connectivity index (χ0n) is 30.8. The number of hydrogen-bond donors (Lipinski definition) is 2. The molecule has 0 fully saturated rings. The van der Waals surface area contributed by atoms with Gasteiger partial charge in [0, 0.05) is 6.42 Å². The Bertz CT molecular complexity index is 773. The highest BCUT2D eigenvalue weighted by atomic mass is 31.2. The third kappa shape index (κ3) is 31.8. The molecule has 0 aliphatic heterocycles. The number of unbranched alkanes of at least 4 members (excludes halogenated alkanes) is 19. The molecule has 0 saturated carbocycles. The Balaban J connectivity index is 4.48. The first-order valence-corrected chi connectivity index (χ1v) is 20.5. The molecule has 0 aliphatic carbocycles. The second-order valence-corrected chi connectivity index (χ2v) is 15.7. The van der Waals surface area contributed by atoms with Crippen LogP contribution in [-0.2, 0) is 18.4 Å². The molecular formula is C37H75N2O6P. The smallest absolute Gasteiger partial charge is 0.268 e. The molecule has 46 heavy (non-hydrogen) atoms. The summed E-state index contributed by atoms with van der Waals surface area (Å²) in [6.45, 7) is 4.67. The maximum Gasteiger partial charge on any atom is 0.268 e. The van der Waals surface area contributed by atoms with Crippen LogP contribution in [0.3, 0.4) is 0 Å². The fraction of sp³-hybridized carbons (Fsp3) is 0.919. The number of nitrogens with zero attached hydrogens (tertiary/aromatic N) is 1. The maximum atomic E-state index is 12.8. The summed E-state index contributed by atoms with van der Waals surface area (Å²) in [6.07, 6.45) is 30.6. The summed E-state index contributed by atoms with van der Waals surface area (Å²) in [4.78, 5) is 25.1. The van der Waals surface area contributed by atoms with Gasteiger partial charge in [-0.2, -0.15) is 0 Å². The standard InChI is InChI=1S/C37H75N2O6P/c1-6-8-10-12-14-16-18-19-21-23-25-27-29-31-37(41)38-35(34-45-46(42,43)44-33-32-39(3,4)5)36(40)30-28-26-24-22-20-17-15-13-11-9-7-2/h16,18,35-36,40H,6-15,17,19-34H2,1-5H3,(H-,38,41,42,43)/b18-16-. The first-order chi connectivity index (χ1) is 22.0. The Kier molecular flexibility index (Phi) is 29.8. The molecule has 3 unspecified atom stereocenters.